The summed E-state index contributed by atoms with van der Waals surface area (Å²) in [5, 5.41) is 6.09. The van der Waals surface area contributed by atoms with E-state index in [1.165, 1.54) is 11.3 Å². The maximum Gasteiger partial charge on any atom is 0.251 e. The van der Waals surface area contributed by atoms with Crippen molar-refractivity contribution < 1.29 is 9.59 Å². The van der Waals surface area contributed by atoms with Gasteiger partial charge in [-0.2, -0.15) is 0 Å². The summed E-state index contributed by atoms with van der Waals surface area (Å²) in [5.41, 5.74) is -0.761. The van der Waals surface area contributed by atoms with Crippen LogP contribution in [0.15, 0.2) is 6.20 Å². The van der Waals surface area contributed by atoms with Gasteiger partial charge in [-0.3, -0.25) is 14.9 Å². The largest absolute Gasteiger partial charge is 0.325 e. The summed E-state index contributed by atoms with van der Waals surface area (Å²) in [6.45, 7) is 4.46. The van der Waals surface area contributed by atoms with Crippen molar-refractivity contribution in [2.45, 2.75) is 25.9 Å². The summed E-state index contributed by atoms with van der Waals surface area (Å²) in [7, 11) is 1.86. The molecule has 1 aliphatic heterocycles. The van der Waals surface area contributed by atoms with Crippen LogP contribution in [0.2, 0.25) is 0 Å². The first kappa shape index (κ1) is 13.0. The van der Waals surface area contributed by atoms with Gasteiger partial charge in [0.25, 0.3) is 5.91 Å². The van der Waals surface area contributed by atoms with Gasteiger partial charge in [-0.1, -0.05) is 0 Å². The molecule has 18 heavy (non-hydrogen) atoms. The molecule has 0 radical (unpaired) electrons. The van der Waals surface area contributed by atoms with Crippen LogP contribution in [-0.2, 0) is 16.1 Å². The van der Waals surface area contributed by atoms with Crippen LogP contribution in [0.4, 0.5) is 5.13 Å². The van der Waals surface area contributed by atoms with Gasteiger partial charge in [0.05, 0.1) is 0 Å². The van der Waals surface area contributed by atoms with Gasteiger partial charge in [-0.05, 0) is 20.9 Å². The lowest BCUT2D eigenvalue weighted by Crippen LogP contribution is -2.64. The molecule has 98 valence electrons. The van der Waals surface area contributed by atoms with Gasteiger partial charge < -0.3 is 10.2 Å². The molecule has 0 bridgehead atoms. The van der Waals surface area contributed by atoms with Gasteiger partial charge in [0, 0.05) is 17.6 Å². The number of thiazole rings is 1. The minimum atomic E-state index is -0.761. The van der Waals surface area contributed by atoms with Crippen LogP contribution in [0.25, 0.3) is 0 Å². The number of nitrogens with zero attached hydrogens (tertiary/aromatic N) is 2. The van der Waals surface area contributed by atoms with Gasteiger partial charge in [0.15, 0.2) is 5.13 Å². The number of rotatable bonds is 3. The van der Waals surface area contributed by atoms with Gasteiger partial charge in [-0.25, -0.2) is 4.98 Å². The number of aromatic nitrogens is 1. The van der Waals surface area contributed by atoms with Crippen LogP contribution in [0.5, 0.6) is 0 Å². The molecule has 0 aliphatic carbocycles. The number of anilines is 1. The number of carbonyl (C=O) groups excluding carboxylic acids is 2. The monoisotopic (exact) mass is 268 g/mol. The van der Waals surface area contributed by atoms with E-state index in [2.05, 4.69) is 15.6 Å². The minimum absolute atomic E-state index is 0.158. The Kier molecular flexibility index (Phi) is 3.36. The molecule has 1 aromatic rings. The van der Waals surface area contributed by atoms with Crippen LogP contribution in [-0.4, -0.2) is 35.9 Å². The lowest BCUT2D eigenvalue weighted by atomic mass is 10.00. The molecule has 1 aliphatic rings. The summed E-state index contributed by atoms with van der Waals surface area (Å²) in [6, 6.07) is 0. The van der Waals surface area contributed by atoms with Crippen molar-refractivity contribution >= 4 is 28.3 Å². The van der Waals surface area contributed by atoms with Crippen LogP contribution in [0, 0.1) is 0 Å². The fourth-order valence-electron chi connectivity index (χ4n) is 1.77. The number of carbonyl (C=O) groups is 2. The number of nitrogens with one attached hydrogen (secondary N) is 2. The normalized spacial score (nSPS) is 18.9. The Bertz CT molecular complexity index is 483. The maximum atomic E-state index is 11.8. The predicted octanol–water partition coefficient (Wildman–Crippen LogP) is 0.104. The SMILES string of the molecule is CNCc1cnc(N2CC(=O)NC(=O)C2(C)C)s1. The first-order valence-corrected chi connectivity index (χ1v) is 6.48. The van der Waals surface area contributed by atoms with Gasteiger partial charge in [0.2, 0.25) is 5.91 Å². The van der Waals surface area contributed by atoms with Crippen LogP contribution < -0.4 is 15.5 Å². The van der Waals surface area contributed by atoms with E-state index in [0.29, 0.717) is 5.13 Å². The Morgan fingerprint density at radius 2 is 2.28 bits per heavy atom. The molecule has 0 atom stereocenters. The number of imide groups is 1. The van der Waals surface area contributed by atoms with Crippen molar-refractivity contribution in [2.24, 2.45) is 0 Å². The molecule has 2 rings (SSSR count). The molecule has 6 nitrogen and oxygen atoms in total. The second-order valence-electron chi connectivity index (χ2n) is 4.66. The average molecular weight is 268 g/mol. The van der Waals surface area contributed by atoms with Crippen molar-refractivity contribution in [3.05, 3.63) is 11.1 Å². The molecular weight excluding hydrogens is 252 g/mol. The number of hydrogen-bond donors (Lipinski definition) is 2. The fraction of sp³-hybridized carbons (Fsp3) is 0.545. The van der Waals surface area contributed by atoms with Crippen molar-refractivity contribution in [2.75, 3.05) is 18.5 Å². The molecule has 0 spiro atoms. The first-order valence-electron chi connectivity index (χ1n) is 5.66. The topological polar surface area (TPSA) is 74.3 Å². The van der Waals surface area contributed by atoms with E-state index >= 15 is 0 Å². The maximum absolute atomic E-state index is 11.8. The zero-order valence-corrected chi connectivity index (χ0v) is 11.4. The van der Waals surface area contributed by atoms with Gasteiger partial charge in [-0.15, -0.1) is 11.3 Å². The zero-order chi connectivity index (χ0) is 13.3. The first-order chi connectivity index (χ1) is 8.45. The summed E-state index contributed by atoms with van der Waals surface area (Å²) >= 11 is 1.49. The Labute approximate surface area is 109 Å². The molecular formula is C11H16N4O2S. The molecule has 2 amide bonds. The molecule has 0 aromatic carbocycles. The Morgan fingerprint density at radius 3 is 2.94 bits per heavy atom. The third-order valence-corrected chi connectivity index (χ3v) is 3.93. The second-order valence-corrected chi connectivity index (χ2v) is 5.76. The quantitative estimate of drug-likeness (QED) is 0.761. The second kappa shape index (κ2) is 4.66. The van der Waals surface area contributed by atoms with E-state index < -0.39 is 5.54 Å². The molecule has 0 saturated carbocycles. The summed E-state index contributed by atoms with van der Waals surface area (Å²) in [6.07, 6.45) is 1.77. The van der Waals surface area contributed by atoms with E-state index in [0.717, 1.165) is 11.4 Å². The van der Waals surface area contributed by atoms with Crippen molar-refractivity contribution in [1.82, 2.24) is 15.6 Å². The third kappa shape index (κ3) is 2.23. The van der Waals surface area contributed by atoms with E-state index in [4.69, 9.17) is 0 Å². The molecule has 1 fully saturated rings. The summed E-state index contributed by atoms with van der Waals surface area (Å²) in [4.78, 5) is 30.4. The van der Waals surface area contributed by atoms with E-state index in [9.17, 15) is 9.59 Å². The van der Waals surface area contributed by atoms with Crippen LogP contribution >= 0.6 is 11.3 Å². The molecule has 1 saturated heterocycles. The van der Waals surface area contributed by atoms with Crippen LogP contribution in [0.1, 0.15) is 18.7 Å². The van der Waals surface area contributed by atoms with Gasteiger partial charge >= 0.3 is 0 Å². The fourth-order valence-corrected chi connectivity index (χ4v) is 2.83. The van der Waals surface area contributed by atoms with E-state index in [1.807, 2.05) is 7.05 Å². The molecule has 2 heterocycles. The Hall–Kier alpha value is -1.47. The third-order valence-electron chi connectivity index (χ3n) is 2.91. The van der Waals surface area contributed by atoms with E-state index in [-0.39, 0.29) is 18.4 Å². The highest BCUT2D eigenvalue weighted by Gasteiger charge is 2.42. The van der Waals surface area contributed by atoms with Crippen molar-refractivity contribution in [3.8, 4) is 0 Å². The Morgan fingerprint density at radius 1 is 1.56 bits per heavy atom. The van der Waals surface area contributed by atoms with E-state index in [1.54, 1.807) is 24.9 Å². The number of hydrogen-bond acceptors (Lipinski definition) is 6. The highest BCUT2D eigenvalue weighted by molar-refractivity contribution is 7.15. The minimum Gasteiger partial charge on any atom is -0.325 e. The highest BCUT2D eigenvalue weighted by Crippen LogP contribution is 2.30. The number of amides is 2. The van der Waals surface area contributed by atoms with Crippen molar-refractivity contribution in [3.63, 3.8) is 0 Å². The predicted molar refractivity (Wildman–Crippen MR) is 69.5 cm³/mol. The lowest BCUT2D eigenvalue weighted by Gasteiger charge is -2.39. The lowest BCUT2D eigenvalue weighted by molar-refractivity contribution is -0.135. The molecule has 7 heteroatoms. The molecule has 1 aromatic heterocycles. The average Bonchev–Trinajstić information content (AvgIpc) is 2.73. The zero-order valence-electron chi connectivity index (χ0n) is 10.6. The van der Waals surface area contributed by atoms with Crippen LogP contribution in [0.3, 0.4) is 0 Å². The summed E-state index contributed by atoms with van der Waals surface area (Å²) in [5.74, 6) is -0.575. The molecule has 0 unspecified atom stereocenters. The smallest absolute Gasteiger partial charge is 0.251 e. The Balaban J connectivity index is 2.28. The van der Waals surface area contributed by atoms with Crippen molar-refractivity contribution in [1.29, 1.82) is 0 Å². The summed E-state index contributed by atoms with van der Waals surface area (Å²) < 4.78 is 0. The van der Waals surface area contributed by atoms with Gasteiger partial charge in [0.1, 0.15) is 12.1 Å². The standard InChI is InChI=1S/C11H16N4O2S/c1-11(2)9(17)14-8(16)6-15(11)10-13-5-7(18-10)4-12-3/h5,12H,4,6H2,1-3H3,(H,14,16,17). The molecule has 2 N–H and O–H groups in total. The number of piperazine rings is 1. The highest BCUT2D eigenvalue weighted by atomic mass is 32.1.